The van der Waals surface area contributed by atoms with Gasteiger partial charge in [-0.25, -0.2) is 0 Å². The molecule has 1 aliphatic rings. The Kier molecular flexibility index (Phi) is 10.6. The number of nitrogens with two attached hydrogens (primary N) is 1. The molecule has 2 N–H and O–H groups in total. The number of hydrogen-bond donors (Lipinski definition) is 1. The van der Waals surface area contributed by atoms with Crippen molar-refractivity contribution in [3.63, 3.8) is 0 Å². The van der Waals surface area contributed by atoms with Gasteiger partial charge in [0.25, 0.3) is 0 Å². The van der Waals surface area contributed by atoms with Crippen LogP contribution in [-0.2, 0) is 9.53 Å². The molecule has 2 aromatic rings. The van der Waals surface area contributed by atoms with Gasteiger partial charge in [0.2, 0.25) is 17.6 Å². The summed E-state index contributed by atoms with van der Waals surface area (Å²) in [6.45, 7) is 5.26. The Hall–Kier alpha value is -1.71. The van der Waals surface area contributed by atoms with Gasteiger partial charge in [-0.05, 0) is 6.92 Å². The van der Waals surface area contributed by atoms with Gasteiger partial charge < -0.3 is 19.9 Å². The molecule has 1 fully saturated rings. The van der Waals surface area contributed by atoms with E-state index in [1.807, 2.05) is 35.2 Å². The van der Waals surface area contributed by atoms with Gasteiger partial charge in [-0.3, -0.25) is 9.69 Å². The monoisotopic (exact) mass is 445 g/mol. The van der Waals surface area contributed by atoms with Crippen molar-refractivity contribution >= 4 is 30.7 Å². The van der Waals surface area contributed by atoms with Crippen LogP contribution in [0, 0.1) is 0 Å². The molecule has 0 saturated carbocycles. The van der Waals surface area contributed by atoms with Gasteiger partial charge in [0.1, 0.15) is 0 Å². The summed E-state index contributed by atoms with van der Waals surface area (Å²) in [7, 11) is 1.58. The smallest absolute Gasteiger partial charge is 0.244 e. The summed E-state index contributed by atoms with van der Waals surface area (Å²) < 4.78 is 10.7. The van der Waals surface area contributed by atoms with Crippen molar-refractivity contribution in [1.29, 1.82) is 0 Å². The van der Waals surface area contributed by atoms with Crippen LogP contribution in [0.4, 0.5) is 0 Å². The summed E-state index contributed by atoms with van der Waals surface area (Å²) in [5.41, 5.74) is 6.54. The quantitative estimate of drug-likeness (QED) is 0.696. The van der Waals surface area contributed by atoms with E-state index in [4.69, 9.17) is 15.0 Å². The van der Waals surface area contributed by atoms with Crippen molar-refractivity contribution in [2.75, 3.05) is 39.8 Å². The number of piperazine rings is 1. The van der Waals surface area contributed by atoms with Crippen molar-refractivity contribution < 1.29 is 14.1 Å². The number of ether oxygens (including phenoxy) is 1. The number of hydrogen-bond acceptors (Lipinski definition) is 7. The third-order valence-electron chi connectivity index (χ3n) is 5.04. The van der Waals surface area contributed by atoms with Crippen LogP contribution >= 0.6 is 24.8 Å². The Morgan fingerprint density at radius 2 is 1.86 bits per heavy atom. The maximum Gasteiger partial charge on any atom is 0.244 e. The fraction of sp³-hybridized carbons (Fsp3) is 0.526. The topological polar surface area (TPSA) is 97.7 Å². The van der Waals surface area contributed by atoms with Gasteiger partial charge in [-0.2, -0.15) is 4.98 Å². The zero-order valence-electron chi connectivity index (χ0n) is 16.7. The summed E-state index contributed by atoms with van der Waals surface area (Å²) in [6, 6.07) is 9.77. The molecule has 3 rings (SSSR count). The van der Waals surface area contributed by atoms with Crippen LogP contribution in [0.2, 0.25) is 0 Å². The molecule has 0 spiro atoms. The van der Waals surface area contributed by atoms with Crippen LogP contribution in [0.25, 0.3) is 11.4 Å². The number of halogens is 2. The predicted octanol–water partition coefficient (Wildman–Crippen LogP) is 2.15. The van der Waals surface area contributed by atoms with E-state index < -0.39 is 0 Å². The van der Waals surface area contributed by atoms with Crippen LogP contribution in [0.3, 0.4) is 0 Å². The van der Waals surface area contributed by atoms with E-state index in [1.54, 1.807) is 7.11 Å². The first-order valence-corrected chi connectivity index (χ1v) is 9.26. The van der Waals surface area contributed by atoms with E-state index in [2.05, 4.69) is 22.0 Å². The van der Waals surface area contributed by atoms with E-state index in [1.165, 1.54) is 0 Å². The van der Waals surface area contributed by atoms with Crippen LogP contribution in [0.5, 0.6) is 0 Å². The largest absolute Gasteiger partial charge is 0.380 e. The summed E-state index contributed by atoms with van der Waals surface area (Å²) in [5, 5.41) is 4.09. The van der Waals surface area contributed by atoms with Gasteiger partial charge in [-0.1, -0.05) is 35.5 Å². The molecule has 0 bridgehead atoms. The minimum atomic E-state index is -0.218. The second kappa shape index (κ2) is 12.1. The highest BCUT2D eigenvalue weighted by atomic mass is 35.5. The number of methoxy groups -OCH3 is 1. The highest BCUT2D eigenvalue weighted by Gasteiger charge is 2.28. The number of benzene rings is 1. The molecule has 1 aliphatic heterocycles. The van der Waals surface area contributed by atoms with Gasteiger partial charge in [-0.15, -0.1) is 24.8 Å². The SMILES string of the molecule is COC(CN)CC(=O)N1CCN(C(C)c2nc(-c3ccccc3)no2)CC1.Cl.Cl. The van der Waals surface area contributed by atoms with Crippen molar-refractivity contribution in [2.24, 2.45) is 5.73 Å². The van der Waals surface area contributed by atoms with E-state index in [9.17, 15) is 4.79 Å². The molecule has 2 atom stereocenters. The molecule has 2 heterocycles. The Morgan fingerprint density at radius 1 is 1.21 bits per heavy atom. The van der Waals surface area contributed by atoms with Gasteiger partial charge in [0.05, 0.1) is 18.6 Å². The molecule has 2 unspecified atom stereocenters. The van der Waals surface area contributed by atoms with E-state index in [0.717, 1.165) is 18.7 Å². The fourth-order valence-electron chi connectivity index (χ4n) is 3.21. The lowest BCUT2D eigenvalue weighted by atomic mass is 10.2. The van der Waals surface area contributed by atoms with Crippen molar-refractivity contribution in [3.8, 4) is 11.4 Å². The highest BCUT2D eigenvalue weighted by molar-refractivity contribution is 5.85. The van der Waals surface area contributed by atoms with Crippen LogP contribution < -0.4 is 5.73 Å². The lowest BCUT2D eigenvalue weighted by Crippen LogP contribution is -2.50. The number of amides is 1. The van der Waals surface area contributed by atoms with E-state index in [0.29, 0.717) is 37.8 Å². The van der Waals surface area contributed by atoms with Crippen LogP contribution in [-0.4, -0.2) is 71.8 Å². The number of carbonyl (C=O) groups is 1. The Labute approximate surface area is 183 Å². The molecule has 162 valence electrons. The zero-order valence-corrected chi connectivity index (χ0v) is 18.3. The molecular weight excluding hydrogens is 417 g/mol. The predicted molar refractivity (Wildman–Crippen MR) is 115 cm³/mol. The molecule has 29 heavy (non-hydrogen) atoms. The zero-order chi connectivity index (χ0) is 19.2. The molecule has 1 saturated heterocycles. The third kappa shape index (κ3) is 6.38. The minimum absolute atomic E-state index is 0. The minimum Gasteiger partial charge on any atom is -0.380 e. The Balaban J connectivity index is 0.00000210. The standard InChI is InChI=1S/C19H27N5O3.2ClH/c1-14(19-21-18(22-27-19)15-6-4-3-5-7-15)23-8-10-24(11-9-23)17(25)12-16(13-20)26-2;;/h3-7,14,16H,8-13,20H2,1-2H3;2*1H. The third-order valence-corrected chi connectivity index (χ3v) is 5.04. The lowest BCUT2D eigenvalue weighted by molar-refractivity contribution is -0.135. The van der Waals surface area contributed by atoms with Gasteiger partial charge in [0, 0.05) is 45.4 Å². The average Bonchev–Trinajstić information content (AvgIpc) is 3.22. The number of nitrogens with zero attached hydrogens (tertiary/aromatic N) is 4. The molecule has 0 aliphatic carbocycles. The number of rotatable bonds is 7. The molecule has 1 aromatic heterocycles. The first-order valence-electron chi connectivity index (χ1n) is 9.26. The molecule has 8 nitrogen and oxygen atoms in total. The fourth-order valence-corrected chi connectivity index (χ4v) is 3.21. The molecule has 1 aromatic carbocycles. The Morgan fingerprint density at radius 3 is 2.45 bits per heavy atom. The number of carbonyl (C=O) groups excluding carboxylic acids is 1. The van der Waals surface area contributed by atoms with E-state index >= 15 is 0 Å². The molecule has 1 amide bonds. The van der Waals surface area contributed by atoms with E-state index in [-0.39, 0.29) is 42.9 Å². The summed E-state index contributed by atoms with van der Waals surface area (Å²) in [4.78, 5) is 21.0. The lowest BCUT2D eigenvalue weighted by Gasteiger charge is -2.37. The van der Waals surface area contributed by atoms with Crippen molar-refractivity contribution in [2.45, 2.75) is 25.5 Å². The molecular formula is C19H29Cl2N5O3. The van der Waals surface area contributed by atoms with Crippen molar-refractivity contribution in [1.82, 2.24) is 19.9 Å². The van der Waals surface area contributed by atoms with Crippen LogP contribution in [0.1, 0.15) is 25.3 Å². The normalized spacial score (nSPS) is 16.4. The highest BCUT2D eigenvalue weighted by Crippen LogP contribution is 2.23. The molecule has 10 heteroatoms. The summed E-state index contributed by atoms with van der Waals surface area (Å²) in [6.07, 6.45) is 0.108. The van der Waals surface area contributed by atoms with Crippen molar-refractivity contribution in [3.05, 3.63) is 36.2 Å². The number of aromatic nitrogens is 2. The maximum atomic E-state index is 12.4. The summed E-state index contributed by atoms with van der Waals surface area (Å²) in [5.74, 6) is 1.28. The van der Waals surface area contributed by atoms with Gasteiger partial charge in [0.15, 0.2) is 0 Å². The second-order valence-electron chi connectivity index (χ2n) is 6.71. The first-order chi connectivity index (χ1) is 13.1. The Bertz CT molecular complexity index is 734. The molecule has 0 radical (unpaired) electrons. The summed E-state index contributed by atoms with van der Waals surface area (Å²) >= 11 is 0. The average molecular weight is 446 g/mol. The first kappa shape index (κ1) is 25.3. The van der Waals surface area contributed by atoms with Crippen LogP contribution in [0.15, 0.2) is 34.9 Å². The second-order valence-corrected chi connectivity index (χ2v) is 6.71. The maximum absolute atomic E-state index is 12.4. The van der Waals surface area contributed by atoms with Gasteiger partial charge >= 0.3 is 0 Å².